The van der Waals surface area contributed by atoms with E-state index in [2.05, 4.69) is 11.8 Å². The monoisotopic (exact) mass is 545 g/mol. The molecule has 1 amide bonds. The number of ketones is 2. The Morgan fingerprint density at radius 3 is 2.53 bits per heavy atom. The lowest BCUT2D eigenvalue weighted by Gasteiger charge is -2.50. The number of nitrogens with zero attached hydrogens (tertiary/aromatic N) is 2. The van der Waals surface area contributed by atoms with Crippen LogP contribution in [0.3, 0.4) is 0 Å². The number of likely N-dealkylation sites (N-methyl/N-ethyl adjacent to an activating group) is 1. The average molecular weight is 546 g/mol. The summed E-state index contributed by atoms with van der Waals surface area (Å²) in [4.78, 5) is 42.8. The van der Waals surface area contributed by atoms with Gasteiger partial charge in [-0.2, -0.15) is 0 Å². The van der Waals surface area contributed by atoms with Gasteiger partial charge in [0.1, 0.15) is 22.8 Å². The number of nitrogens with two attached hydrogens (primary N) is 1. The van der Waals surface area contributed by atoms with Crippen molar-refractivity contribution in [2.45, 2.75) is 56.8 Å². The van der Waals surface area contributed by atoms with Gasteiger partial charge in [-0.15, -0.1) is 0 Å². The summed E-state index contributed by atoms with van der Waals surface area (Å²) in [5.41, 5.74) is 2.86. The normalized spacial score (nSPS) is 31.5. The van der Waals surface area contributed by atoms with Crippen LogP contribution in [0.2, 0.25) is 5.02 Å². The predicted octanol–water partition coefficient (Wildman–Crippen LogP) is 1.60. The molecule has 3 aliphatic carbocycles. The van der Waals surface area contributed by atoms with Crippen molar-refractivity contribution in [2.24, 2.45) is 17.6 Å². The zero-order valence-electron chi connectivity index (χ0n) is 21.5. The van der Waals surface area contributed by atoms with Crippen molar-refractivity contribution in [1.82, 2.24) is 9.80 Å². The molecule has 1 aromatic carbocycles. The number of rotatable bonds is 4. The highest BCUT2D eigenvalue weighted by Crippen LogP contribution is 2.53. The lowest BCUT2D eigenvalue weighted by Crippen LogP contribution is -2.65. The molecule has 204 valence electrons. The average Bonchev–Trinajstić information content (AvgIpc) is 3.23. The second kappa shape index (κ2) is 9.08. The second-order valence-electron chi connectivity index (χ2n) is 11.1. The molecule has 5 atom stereocenters. The van der Waals surface area contributed by atoms with E-state index in [4.69, 9.17) is 17.3 Å². The number of carbonyl (C=O) groups is 3. The fourth-order valence-corrected chi connectivity index (χ4v) is 7.19. The highest BCUT2D eigenvalue weighted by Gasteiger charge is 2.64. The number of aromatic hydroxyl groups is 1. The fourth-order valence-electron chi connectivity index (χ4n) is 6.91. The van der Waals surface area contributed by atoms with E-state index in [9.17, 15) is 34.8 Å². The van der Waals surface area contributed by atoms with Crippen LogP contribution in [0.5, 0.6) is 5.75 Å². The number of likely N-dealkylation sites (tertiary alicyclic amines) is 1. The Hall–Kier alpha value is -2.92. The van der Waals surface area contributed by atoms with Crippen LogP contribution in [0.4, 0.5) is 0 Å². The summed E-state index contributed by atoms with van der Waals surface area (Å²) in [6.45, 7) is 3.57. The number of Topliss-reactive ketones (excluding diaryl/α,β-unsaturated/α-hetero) is 2. The largest absolute Gasteiger partial charge is 0.508 e. The van der Waals surface area contributed by atoms with E-state index < -0.39 is 58.0 Å². The topological polar surface area (TPSA) is 165 Å². The number of carbonyl (C=O) groups excluding carboxylic acids is 3. The molecule has 1 saturated carbocycles. The molecule has 10 nitrogen and oxygen atoms in total. The van der Waals surface area contributed by atoms with Gasteiger partial charge >= 0.3 is 0 Å². The minimum absolute atomic E-state index is 0.00418. The minimum atomic E-state index is -2.66. The van der Waals surface area contributed by atoms with Gasteiger partial charge in [0.05, 0.1) is 11.6 Å². The molecule has 0 bridgehead atoms. The van der Waals surface area contributed by atoms with Crippen molar-refractivity contribution < 1.29 is 34.8 Å². The molecule has 0 radical (unpaired) electrons. The van der Waals surface area contributed by atoms with Crippen LogP contribution in [0, 0.1) is 11.8 Å². The third kappa shape index (κ3) is 3.61. The van der Waals surface area contributed by atoms with Crippen LogP contribution in [-0.2, 0) is 27.3 Å². The number of aliphatic hydroxyl groups excluding tert-OH is 2. The SMILES string of the molecule is C[C@@H]1CCCN1Cc1cc(O)c2c(c1Cl)C[C@H]1C[C@H]3[C@H](N(C)C)C(=O)C(C(N)=O)=C(O)[C@@]3(O)C(=O)C1=C2O. The number of halogens is 1. The number of aliphatic hydroxyl groups is 3. The highest BCUT2D eigenvalue weighted by molar-refractivity contribution is 6.32. The van der Waals surface area contributed by atoms with Crippen molar-refractivity contribution in [3.8, 4) is 5.75 Å². The minimum Gasteiger partial charge on any atom is -0.508 e. The van der Waals surface area contributed by atoms with Crippen molar-refractivity contribution in [3.05, 3.63) is 44.7 Å². The maximum absolute atomic E-state index is 13.9. The molecule has 0 spiro atoms. The summed E-state index contributed by atoms with van der Waals surface area (Å²) in [5.74, 6) is -6.76. The quantitative estimate of drug-likeness (QED) is 0.353. The van der Waals surface area contributed by atoms with Gasteiger partial charge in [0.15, 0.2) is 11.4 Å². The van der Waals surface area contributed by atoms with Gasteiger partial charge in [0, 0.05) is 29.1 Å². The Bertz CT molecular complexity index is 1340. The molecular formula is C27H32ClN3O7. The first-order valence-corrected chi connectivity index (χ1v) is 13.1. The standard InChI is InChI=1S/C27H32ClN3O7/c1-11-5-4-6-31(11)10-13-9-16(32)18-14(20(13)28)7-12-8-15-21(30(2)3)23(34)19(26(29)37)25(36)27(15,38)24(35)17(12)22(18)33/h9,11-12,15,21,32-33,36,38H,4-8,10H2,1-3H3,(H2,29,37)/t11-,12+,15+,21+,27+/m1/s1. The van der Waals surface area contributed by atoms with Crippen LogP contribution in [0.1, 0.15) is 42.9 Å². The van der Waals surface area contributed by atoms with E-state index in [0.717, 1.165) is 19.4 Å². The molecule has 6 N–H and O–H groups in total. The van der Waals surface area contributed by atoms with Crippen LogP contribution in [0.25, 0.3) is 5.76 Å². The van der Waals surface area contributed by atoms with Crippen LogP contribution in [0.15, 0.2) is 23.0 Å². The summed E-state index contributed by atoms with van der Waals surface area (Å²) >= 11 is 6.83. The number of hydrogen-bond donors (Lipinski definition) is 5. The van der Waals surface area contributed by atoms with Gasteiger partial charge in [0.25, 0.3) is 5.91 Å². The van der Waals surface area contributed by atoms with Gasteiger partial charge < -0.3 is 26.2 Å². The van der Waals surface area contributed by atoms with Crippen molar-refractivity contribution >= 4 is 34.8 Å². The van der Waals surface area contributed by atoms with E-state index in [1.54, 1.807) is 14.1 Å². The third-order valence-electron chi connectivity index (χ3n) is 8.79. The molecule has 11 heteroatoms. The first kappa shape index (κ1) is 26.7. The summed E-state index contributed by atoms with van der Waals surface area (Å²) in [6.07, 6.45) is 2.34. The van der Waals surface area contributed by atoms with Crippen LogP contribution < -0.4 is 5.73 Å². The summed E-state index contributed by atoms with van der Waals surface area (Å²) in [5, 5.41) is 45.2. The molecule has 1 saturated heterocycles. The second-order valence-corrected chi connectivity index (χ2v) is 11.5. The molecule has 5 rings (SSSR count). The first-order chi connectivity index (χ1) is 17.8. The van der Waals surface area contributed by atoms with Crippen LogP contribution >= 0.6 is 11.6 Å². The maximum atomic E-state index is 13.9. The molecule has 1 aliphatic heterocycles. The number of phenolic OH excluding ortho intramolecular Hbond substituents is 1. The van der Waals surface area contributed by atoms with Gasteiger partial charge in [-0.1, -0.05) is 11.6 Å². The van der Waals surface area contributed by atoms with Crippen LogP contribution in [-0.4, -0.2) is 86.0 Å². The molecule has 2 fully saturated rings. The Kier molecular flexibility index (Phi) is 6.38. The van der Waals surface area contributed by atoms with Gasteiger partial charge in [-0.05, 0) is 76.4 Å². The Balaban J connectivity index is 1.65. The predicted molar refractivity (Wildman–Crippen MR) is 138 cm³/mol. The van der Waals surface area contributed by atoms with Crippen molar-refractivity contribution in [2.75, 3.05) is 20.6 Å². The van der Waals surface area contributed by atoms with E-state index >= 15 is 0 Å². The Morgan fingerprint density at radius 1 is 1.26 bits per heavy atom. The number of primary amides is 1. The number of benzene rings is 1. The summed E-state index contributed by atoms with van der Waals surface area (Å²) < 4.78 is 0. The maximum Gasteiger partial charge on any atom is 0.255 e. The lowest BCUT2D eigenvalue weighted by atomic mass is 9.57. The smallest absolute Gasteiger partial charge is 0.255 e. The number of fused-ring (bicyclic) bond motifs is 3. The van der Waals surface area contributed by atoms with E-state index in [1.165, 1.54) is 11.0 Å². The molecule has 0 aromatic heterocycles. The van der Waals surface area contributed by atoms with Gasteiger partial charge in [-0.3, -0.25) is 24.2 Å². The van der Waals surface area contributed by atoms with E-state index in [-0.39, 0.29) is 29.7 Å². The first-order valence-electron chi connectivity index (χ1n) is 12.7. The number of phenols is 1. The summed E-state index contributed by atoms with van der Waals surface area (Å²) in [7, 11) is 3.13. The molecule has 4 aliphatic rings. The van der Waals surface area contributed by atoms with Gasteiger partial charge in [0.2, 0.25) is 5.78 Å². The zero-order chi connectivity index (χ0) is 27.8. The Morgan fingerprint density at radius 2 is 1.95 bits per heavy atom. The number of hydrogen-bond acceptors (Lipinski definition) is 9. The molecule has 38 heavy (non-hydrogen) atoms. The molecule has 1 heterocycles. The molecule has 1 aromatic rings. The van der Waals surface area contributed by atoms with Crippen molar-refractivity contribution in [3.63, 3.8) is 0 Å². The van der Waals surface area contributed by atoms with E-state index in [0.29, 0.717) is 28.7 Å². The lowest BCUT2D eigenvalue weighted by molar-refractivity contribution is -0.153. The number of amides is 1. The highest BCUT2D eigenvalue weighted by atomic mass is 35.5. The third-order valence-corrected chi connectivity index (χ3v) is 9.26. The Labute approximate surface area is 225 Å². The van der Waals surface area contributed by atoms with Crippen molar-refractivity contribution in [1.29, 1.82) is 0 Å². The van der Waals surface area contributed by atoms with E-state index in [1.807, 2.05) is 0 Å². The fraction of sp³-hybridized carbons (Fsp3) is 0.519. The molecular weight excluding hydrogens is 514 g/mol. The van der Waals surface area contributed by atoms with Gasteiger partial charge in [-0.25, -0.2) is 0 Å². The zero-order valence-corrected chi connectivity index (χ0v) is 22.2. The summed E-state index contributed by atoms with van der Waals surface area (Å²) in [6, 6.07) is 0.729. The molecule has 0 unspecified atom stereocenters.